The van der Waals surface area contributed by atoms with E-state index in [1.807, 2.05) is 42.5 Å². The molecule has 1 aliphatic heterocycles. The molecule has 4 aromatic carbocycles. The Bertz CT molecular complexity index is 1390. The quantitative estimate of drug-likeness (QED) is 0.357. The van der Waals surface area contributed by atoms with E-state index in [0.29, 0.717) is 29.2 Å². The highest BCUT2D eigenvalue weighted by Crippen LogP contribution is 2.40. The number of carbonyl (C=O) groups is 1. The lowest BCUT2D eigenvalue weighted by Gasteiger charge is -2.23. The summed E-state index contributed by atoms with van der Waals surface area (Å²) >= 11 is 0. The van der Waals surface area contributed by atoms with E-state index in [9.17, 15) is 4.79 Å². The van der Waals surface area contributed by atoms with Gasteiger partial charge in [-0.25, -0.2) is 5.01 Å². The summed E-state index contributed by atoms with van der Waals surface area (Å²) in [6.45, 7) is 0. The Kier molecular flexibility index (Phi) is 6.10. The van der Waals surface area contributed by atoms with Gasteiger partial charge in [-0.15, -0.1) is 0 Å². The molecule has 35 heavy (non-hydrogen) atoms. The van der Waals surface area contributed by atoms with Crippen molar-refractivity contribution >= 4 is 22.4 Å². The number of hydrazone groups is 1. The molecule has 0 saturated carbocycles. The van der Waals surface area contributed by atoms with Gasteiger partial charge in [0.15, 0.2) is 11.5 Å². The van der Waals surface area contributed by atoms with Crippen LogP contribution in [0.4, 0.5) is 0 Å². The van der Waals surface area contributed by atoms with Crippen LogP contribution in [0, 0.1) is 0 Å². The van der Waals surface area contributed by atoms with Crippen LogP contribution in [0.3, 0.4) is 0 Å². The molecule has 0 bridgehead atoms. The smallest absolute Gasteiger partial charge is 0.274 e. The van der Waals surface area contributed by atoms with Crippen molar-refractivity contribution in [3.63, 3.8) is 0 Å². The fraction of sp³-hybridized carbons (Fsp3) is 0.172. The summed E-state index contributed by atoms with van der Waals surface area (Å²) in [6.07, 6.45) is 0.610. The molecule has 0 aliphatic carbocycles. The van der Waals surface area contributed by atoms with Crippen molar-refractivity contribution in [1.29, 1.82) is 0 Å². The summed E-state index contributed by atoms with van der Waals surface area (Å²) in [7, 11) is 4.60. The minimum Gasteiger partial charge on any atom is -0.493 e. The predicted octanol–water partition coefficient (Wildman–Crippen LogP) is 5.86. The van der Waals surface area contributed by atoms with E-state index < -0.39 is 0 Å². The first kappa shape index (κ1) is 22.5. The highest BCUT2D eigenvalue weighted by Gasteiger charge is 2.34. The predicted molar refractivity (Wildman–Crippen MR) is 137 cm³/mol. The fourth-order valence-corrected chi connectivity index (χ4v) is 4.51. The van der Waals surface area contributed by atoms with E-state index in [1.54, 1.807) is 17.1 Å². The van der Waals surface area contributed by atoms with Crippen molar-refractivity contribution in [2.75, 3.05) is 21.3 Å². The SMILES string of the molecule is COc1cc(C(=O)N2N=C(c3ccc4ccccc4c3)CC2c2ccccc2)cc(OC)c1OC. The van der Waals surface area contributed by atoms with E-state index in [2.05, 4.69) is 30.3 Å². The van der Waals surface area contributed by atoms with Gasteiger partial charge >= 0.3 is 0 Å². The topological polar surface area (TPSA) is 60.4 Å². The van der Waals surface area contributed by atoms with Gasteiger partial charge in [0.25, 0.3) is 5.91 Å². The molecule has 0 spiro atoms. The van der Waals surface area contributed by atoms with Crippen LogP contribution in [0.5, 0.6) is 17.2 Å². The Morgan fingerprint density at radius 3 is 2.11 bits per heavy atom. The number of nitrogens with zero attached hydrogens (tertiary/aromatic N) is 2. The van der Waals surface area contributed by atoms with Gasteiger partial charge in [-0.3, -0.25) is 4.79 Å². The van der Waals surface area contributed by atoms with Crippen molar-refractivity contribution in [2.24, 2.45) is 5.10 Å². The molecular weight excluding hydrogens is 440 g/mol. The Morgan fingerprint density at radius 1 is 0.800 bits per heavy atom. The van der Waals surface area contributed by atoms with Gasteiger partial charge in [0.2, 0.25) is 5.75 Å². The van der Waals surface area contributed by atoms with Gasteiger partial charge in [0.1, 0.15) is 0 Å². The molecule has 6 heteroatoms. The monoisotopic (exact) mass is 466 g/mol. The van der Waals surface area contributed by atoms with Crippen LogP contribution in [-0.2, 0) is 0 Å². The lowest BCUT2D eigenvalue weighted by Crippen LogP contribution is -2.27. The second kappa shape index (κ2) is 9.50. The molecule has 0 saturated heterocycles. The summed E-state index contributed by atoms with van der Waals surface area (Å²) in [5.74, 6) is 1.04. The maximum absolute atomic E-state index is 13.8. The van der Waals surface area contributed by atoms with Crippen molar-refractivity contribution in [1.82, 2.24) is 5.01 Å². The summed E-state index contributed by atoms with van der Waals surface area (Å²) in [6, 6.07) is 27.6. The maximum atomic E-state index is 13.8. The van der Waals surface area contributed by atoms with E-state index in [0.717, 1.165) is 22.2 Å². The Balaban J connectivity index is 1.58. The van der Waals surface area contributed by atoms with Gasteiger partial charge in [0, 0.05) is 12.0 Å². The van der Waals surface area contributed by atoms with Crippen molar-refractivity contribution < 1.29 is 19.0 Å². The fourth-order valence-electron chi connectivity index (χ4n) is 4.51. The van der Waals surface area contributed by atoms with Gasteiger partial charge in [-0.2, -0.15) is 5.10 Å². The zero-order chi connectivity index (χ0) is 24.4. The molecule has 1 aliphatic rings. The minimum absolute atomic E-state index is 0.232. The van der Waals surface area contributed by atoms with E-state index >= 15 is 0 Å². The minimum atomic E-state index is -0.242. The number of amides is 1. The molecule has 1 heterocycles. The average molecular weight is 467 g/mol. The summed E-state index contributed by atoms with van der Waals surface area (Å²) in [5, 5.41) is 8.71. The summed E-state index contributed by atoms with van der Waals surface area (Å²) < 4.78 is 16.3. The van der Waals surface area contributed by atoms with Crippen molar-refractivity contribution in [2.45, 2.75) is 12.5 Å². The van der Waals surface area contributed by atoms with E-state index in [-0.39, 0.29) is 11.9 Å². The number of hydrogen-bond acceptors (Lipinski definition) is 5. The molecule has 1 unspecified atom stereocenters. The molecule has 5 rings (SSSR count). The average Bonchev–Trinajstić information content (AvgIpc) is 3.37. The van der Waals surface area contributed by atoms with Gasteiger partial charge in [0.05, 0.1) is 33.1 Å². The lowest BCUT2D eigenvalue weighted by molar-refractivity contribution is 0.0710. The van der Waals surface area contributed by atoms with Crippen LogP contribution in [0.1, 0.15) is 33.9 Å². The Morgan fingerprint density at radius 2 is 1.46 bits per heavy atom. The van der Waals surface area contributed by atoms with E-state index in [1.165, 1.54) is 26.7 Å². The second-order valence-corrected chi connectivity index (χ2v) is 8.30. The molecule has 1 amide bonds. The number of fused-ring (bicyclic) bond motifs is 1. The summed E-state index contributed by atoms with van der Waals surface area (Å²) in [5.41, 5.74) is 3.30. The van der Waals surface area contributed by atoms with Gasteiger partial charge in [-0.05, 0) is 40.1 Å². The third kappa shape index (κ3) is 4.19. The third-order valence-electron chi connectivity index (χ3n) is 6.30. The molecule has 0 aromatic heterocycles. The number of benzene rings is 4. The Hall–Kier alpha value is -4.32. The van der Waals surface area contributed by atoms with Gasteiger partial charge < -0.3 is 14.2 Å². The zero-order valence-electron chi connectivity index (χ0n) is 19.9. The first-order valence-electron chi connectivity index (χ1n) is 11.4. The molecule has 1 atom stereocenters. The molecule has 0 N–H and O–H groups in total. The van der Waals surface area contributed by atoms with Crippen LogP contribution < -0.4 is 14.2 Å². The molecular formula is C29H26N2O4. The number of methoxy groups -OCH3 is 3. The molecule has 176 valence electrons. The molecule has 4 aromatic rings. The summed E-state index contributed by atoms with van der Waals surface area (Å²) in [4.78, 5) is 13.8. The van der Waals surface area contributed by atoms with E-state index in [4.69, 9.17) is 19.3 Å². The Labute approximate surface area is 204 Å². The van der Waals surface area contributed by atoms with Crippen molar-refractivity contribution in [3.8, 4) is 17.2 Å². The number of hydrogen-bond donors (Lipinski definition) is 0. The van der Waals surface area contributed by atoms with Crippen LogP contribution in [0.15, 0.2) is 90.0 Å². The first-order valence-corrected chi connectivity index (χ1v) is 11.4. The van der Waals surface area contributed by atoms with Crippen molar-refractivity contribution in [3.05, 3.63) is 102 Å². The second-order valence-electron chi connectivity index (χ2n) is 8.30. The lowest BCUT2D eigenvalue weighted by atomic mass is 9.96. The van der Waals surface area contributed by atoms with Crippen LogP contribution in [0.2, 0.25) is 0 Å². The van der Waals surface area contributed by atoms with Crippen LogP contribution >= 0.6 is 0 Å². The first-order chi connectivity index (χ1) is 17.1. The number of rotatable bonds is 6. The normalized spacial score (nSPS) is 15.1. The highest BCUT2D eigenvalue weighted by atomic mass is 16.5. The standard InChI is InChI=1S/C29H26N2O4/c1-33-26-16-23(17-27(34-2)28(26)35-3)29(32)31-25(20-10-5-4-6-11-20)18-24(30-31)22-14-13-19-9-7-8-12-21(19)15-22/h4-17,25H,18H2,1-3H3. The molecule has 0 fully saturated rings. The molecule has 0 radical (unpaired) electrons. The largest absolute Gasteiger partial charge is 0.493 e. The third-order valence-corrected chi connectivity index (χ3v) is 6.30. The van der Waals surface area contributed by atoms with Crippen LogP contribution in [0.25, 0.3) is 10.8 Å². The zero-order valence-corrected chi connectivity index (χ0v) is 19.9. The highest BCUT2D eigenvalue weighted by molar-refractivity contribution is 6.07. The van der Waals surface area contributed by atoms with Crippen LogP contribution in [-0.4, -0.2) is 38.0 Å². The number of carbonyl (C=O) groups excluding carboxylic acids is 1. The maximum Gasteiger partial charge on any atom is 0.274 e. The van der Waals surface area contributed by atoms with Gasteiger partial charge in [-0.1, -0.05) is 66.7 Å². The molecule has 6 nitrogen and oxygen atoms in total. The number of ether oxygens (including phenoxy) is 3.